The van der Waals surface area contributed by atoms with Gasteiger partial charge < -0.3 is 4.74 Å². The van der Waals surface area contributed by atoms with Crippen molar-refractivity contribution >= 4 is 22.9 Å². The minimum absolute atomic E-state index is 0.519. The largest absolute Gasteiger partial charge is 0.378 e. The van der Waals surface area contributed by atoms with Crippen molar-refractivity contribution in [3.8, 4) is 0 Å². The predicted molar refractivity (Wildman–Crippen MR) is 71.8 cm³/mol. The maximum absolute atomic E-state index is 5.75. The number of hydrogen-bond donors (Lipinski definition) is 0. The van der Waals surface area contributed by atoms with Gasteiger partial charge in [0.2, 0.25) is 0 Å². The number of thiazole rings is 1. The summed E-state index contributed by atoms with van der Waals surface area (Å²) in [6.07, 6.45) is 2.18. The number of hydrogen-bond acceptors (Lipinski definition) is 4. The highest BCUT2D eigenvalue weighted by molar-refractivity contribution is 7.09. The first kappa shape index (κ1) is 13.3. The molecular weight excluding hydrogens is 256 g/mol. The van der Waals surface area contributed by atoms with Gasteiger partial charge in [-0.1, -0.05) is 6.92 Å². The summed E-state index contributed by atoms with van der Waals surface area (Å²) < 4.78 is 5.50. The van der Waals surface area contributed by atoms with Gasteiger partial charge in [-0.2, -0.15) is 0 Å². The molecule has 0 radical (unpaired) electrons. The number of rotatable bonds is 5. The van der Waals surface area contributed by atoms with Gasteiger partial charge in [0.1, 0.15) is 0 Å². The molecule has 2 rings (SSSR count). The summed E-state index contributed by atoms with van der Waals surface area (Å²) in [7, 11) is 0. The van der Waals surface area contributed by atoms with E-state index >= 15 is 0 Å². The monoisotopic (exact) mass is 274 g/mol. The van der Waals surface area contributed by atoms with Crippen LogP contribution in [0.1, 0.15) is 24.0 Å². The molecule has 1 atom stereocenters. The molecule has 1 saturated heterocycles. The molecule has 0 aromatic carbocycles. The number of halogens is 1. The van der Waals surface area contributed by atoms with Crippen molar-refractivity contribution in [2.24, 2.45) is 0 Å². The Morgan fingerprint density at radius 1 is 1.65 bits per heavy atom. The summed E-state index contributed by atoms with van der Waals surface area (Å²) in [6.45, 7) is 6.09. The second kappa shape index (κ2) is 6.69. The van der Waals surface area contributed by atoms with Crippen LogP contribution in [0.4, 0.5) is 0 Å². The molecule has 5 heteroatoms. The van der Waals surface area contributed by atoms with E-state index in [0.717, 1.165) is 44.8 Å². The average molecular weight is 275 g/mol. The summed E-state index contributed by atoms with van der Waals surface area (Å²) in [6, 6.07) is 0.580. The molecule has 0 N–H and O–H groups in total. The van der Waals surface area contributed by atoms with Crippen LogP contribution in [-0.2, 0) is 17.0 Å². The molecular formula is C12H19ClN2OS. The molecule has 0 saturated carbocycles. The first-order valence-corrected chi connectivity index (χ1v) is 7.56. The summed E-state index contributed by atoms with van der Waals surface area (Å²) in [5.41, 5.74) is 1.00. The molecule has 1 aromatic rings. The molecule has 1 fully saturated rings. The van der Waals surface area contributed by atoms with Crippen LogP contribution in [0, 0.1) is 0 Å². The predicted octanol–water partition coefficient (Wildman–Crippen LogP) is 2.54. The molecule has 1 aromatic heterocycles. The van der Waals surface area contributed by atoms with Crippen molar-refractivity contribution in [2.45, 2.75) is 31.7 Å². The highest BCUT2D eigenvalue weighted by atomic mass is 35.5. The lowest BCUT2D eigenvalue weighted by molar-refractivity contribution is -0.00793. The first-order chi connectivity index (χ1) is 8.33. The number of morpholine rings is 1. The number of ether oxygens (including phenoxy) is 1. The Balaban J connectivity index is 1.83. The fraction of sp³-hybridized carbons (Fsp3) is 0.750. The number of aromatic nitrogens is 1. The van der Waals surface area contributed by atoms with Gasteiger partial charge in [-0.05, 0) is 6.42 Å². The zero-order valence-electron chi connectivity index (χ0n) is 10.2. The average Bonchev–Trinajstić information content (AvgIpc) is 2.84. The van der Waals surface area contributed by atoms with Gasteiger partial charge in [0, 0.05) is 30.9 Å². The van der Waals surface area contributed by atoms with Gasteiger partial charge >= 0.3 is 0 Å². The Kier molecular flexibility index (Phi) is 5.22. The van der Waals surface area contributed by atoms with Gasteiger partial charge in [0.05, 0.1) is 29.8 Å². The zero-order chi connectivity index (χ0) is 12.1. The fourth-order valence-corrected chi connectivity index (χ4v) is 3.14. The van der Waals surface area contributed by atoms with E-state index in [1.54, 1.807) is 11.3 Å². The third kappa shape index (κ3) is 3.65. The summed E-state index contributed by atoms with van der Waals surface area (Å²) in [4.78, 5) is 7.01. The van der Waals surface area contributed by atoms with Crippen LogP contribution < -0.4 is 0 Å². The van der Waals surface area contributed by atoms with E-state index in [0.29, 0.717) is 11.9 Å². The van der Waals surface area contributed by atoms with Gasteiger partial charge in [0.25, 0.3) is 0 Å². The molecule has 1 unspecified atom stereocenters. The lowest BCUT2D eigenvalue weighted by Gasteiger charge is -2.34. The SMILES string of the molecule is CCC1COCCN1CCc1nc(CCl)cs1. The topological polar surface area (TPSA) is 25.4 Å². The van der Waals surface area contributed by atoms with E-state index in [9.17, 15) is 0 Å². The van der Waals surface area contributed by atoms with Crippen LogP contribution in [0.25, 0.3) is 0 Å². The summed E-state index contributed by atoms with van der Waals surface area (Å²) in [5.74, 6) is 0.519. The maximum atomic E-state index is 5.75. The zero-order valence-corrected chi connectivity index (χ0v) is 11.8. The molecule has 0 amide bonds. The van der Waals surface area contributed by atoms with Crippen LogP contribution >= 0.6 is 22.9 Å². The number of alkyl halides is 1. The quantitative estimate of drug-likeness (QED) is 0.772. The normalized spacial score (nSPS) is 21.9. The summed E-state index contributed by atoms with van der Waals surface area (Å²) >= 11 is 7.47. The molecule has 0 aliphatic carbocycles. The van der Waals surface area contributed by atoms with Gasteiger partial charge in [-0.15, -0.1) is 22.9 Å². The van der Waals surface area contributed by atoms with Crippen LogP contribution in [-0.4, -0.2) is 42.2 Å². The molecule has 0 spiro atoms. The third-order valence-electron chi connectivity index (χ3n) is 3.17. The van der Waals surface area contributed by atoms with E-state index in [-0.39, 0.29) is 0 Å². The van der Waals surface area contributed by atoms with Crippen molar-refractivity contribution in [3.63, 3.8) is 0 Å². The van der Waals surface area contributed by atoms with E-state index in [1.165, 1.54) is 5.01 Å². The highest BCUT2D eigenvalue weighted by Crippen LogP contribution is 2.15. The molecule has 1 aliphatic rings. The van der Waals surface area contributed by atoms with E-state index < -0.39 is 0 Å². The van der Waals surface area contributed by atoms with Gasteiger partial charge in [-0.3, -0.25) is 4.90 Å². The van der Waals surface area contributed by atoms with Crippen molar-refractivity contribution < 1.29 is 4.74 Å². The Morgan fingerprint density at radius 2 is 2.53 bits per heavy atom. The Bertz CT molecular complexity index is 345. The fourth-order valence-electron chi connectivity index (χ4n) is 2.12. The van der Waals surface area contributed by atoms with Crippen molar-refractivity contribution in [3.05, 3.63) is 16.1 Å². The summed E-state index contributed by atoms with van der Waals surface area (Å²) in [5, 5.41) is 3.25. The lowest BCUT2D eigenvalue weighted by Crippen LogP contribution is -2.45. The molecule has 96 valence electrons. The van der Waals surface area contributed by atoms with Crippen LogP contribution in [0.2, 0.25) is 0 Å². The second-order valence-corrected chi connectivity index (χ2v) is 5.50. The van der Waals surface area contributed by atoms with Crippen LogP contribution in [0.15, 0.2) is 5.38 Å². The van der Waals surface area contributed by atoms with E-state index in [4.69, 9.17) is 16.3 Å². The Labute approximate surface area is 112 Å². The standard InChI is InChI=1S/C12H19ClN2OS/c1-2-11-8-16-6-5-15(11)4-3-12-14-10(7-13)9-17-12/h9,11H,2-8H2,1H3. The molecule has 3 nitrogen and oxygen atoms in total. The van der Waals surface area contributed by atoms with Gasteiger partial charge in [0.15, 0.2) is 0 Å². The minimum Gasteiger partial charge on any atom is -0.378 e. The Hall–Kier alpha value is -0.160. The minimum atomic E-state index is 0.519. The van der Waals surface area contributed by atoms with Crippen LogP contribution in [0.3, 0.4) is 0 Å². The van der Waals surface area contributed by atoms with E-state index in [2.05, 4.69) is 22.2 Å². The number of nitrogens with zero attached hydrogens (tertiary/aromatic N) is 2. The van der Waals surface area contributed by atoms with Crippen molar-refractivity contribution in [1.29, 1.82) is 0 Å². The smallest absolute Gasteiger partial charge is 0.0941 e. The molecule has 0 bridgehead atoms. The Morgan fingerprint density at radius 3 is 3.24 bits per heavy atom. The molecule has 17 heavy (non-hydrogen) atoms. The first-order valence-electron chi connectivity index (χ1n) is 6.14. The maximum Gasteiger partial charge on any atom is 0.0941 e. The highest BCUT2D eigenvalue weighted by Gasteiger charge is 2.21. The lowest BCUT2D eigenvalue weighted by atomic mass is 10.1. The van der Waals surface area contributed by atoms with Crippen molar-refractivity contribution in [1.82, 2.24) is 9.88 Å². The molecule has 1 aliphatic heterocycles. The van der Waals surface area contributed by atoms with E-state index in [1.807, 2.05) is 0 Å². The molecule has 2 heterocycles. The second-order valence-electron chi connectivity index (χ2n) is 4.29. The van der Waals surface area contributed by atoms with Crippen molar-refractivity contribution in [2.75, 3.05) is 26.3 Å². The third-order valence-corrected chi connectivity index (χ3v) is 4.40. The van der Waals surface area contributed by atoms with Gasteiger partial charge in [-0.25, -0.2) is 4.98 Å². The van der Waals surface area contributed by atoms with Crippen LogP contribution in [0.5, 0.6) is 0 Å².